The molecule has 1 amide bonds. The third-order valence-corrected chi connectivity index (χ3v) is 2.76. The molecule has 0 saturated carbocycles. The molecule has 1 rings (SSSR count). The van der Waals surface area contributed by atoms with E-state index < -0.39 is 0 Å². The van der Waals surface area contributed by atoms with Crippen molar-refractivity contribution in [2.45, 2.75) is 33.7 Å². The Morgan fingerprint density at radius 2 is 1.76 bits per heavy atom. The smallest absolute Gasteiger partial charge is 0.228 e. The van der Waals surface area contributed by atoms with Crippen LogP contribution in [-0.2, 0) is 11.3 Å². The Kier molecular flexibility index (Phi) is 7.79. The van der Waals surface area contributed by atoms with Gasteiger partial charge in [-0.3, -0.25) is 4.79 Å². The van der Waals surface area contributed by atoms with Gasteiger partial charge in [0.05, 0.1) is 6.42 Å². The minimum Gasteiger partial charge on any atom is -1.00 e. The van der Waals surface area contributed by atoms with Crippen LogP contribution < -0.4 is 21.5 Å². The Morgan fingerprint density at radius 1 is 1.24 bits per heavy atom. The average molecular weight is 301 g/mol. The maximum absolute atomic E-state index is 11.8. The van der Waals surface area contributed by atoms with Gasteiger partial charge in [-0.25, -0.2) is 4.57 Å². The standard InChI is InChI=1S/C13H21N2O.BrH/c1-4-15(5-2)13(16)8-11-14-9-6-12(3)7-10-14;/h6-7,9-10H,4-5,8,11H2,1-3H3;1H/q+1;/p-1. The van der Waals surface area contributed by atoms with E-state index in [-0.39, 0.29) is 22.9 Å². The van der Waals surface area contributed by atoms with Gasteiger partial charge in [-0.15, -0.1) is 0 Å². The van der Waals surface area contributed by atoms with E-state index in [0.29, 0.717) is 6.42 Å². The number of nitrogens with zero attached hydrogens (tertiary/aromatic N) is 2. The summed E-state index contributed by atoms with van der Waals surface area (Å²) < 4.78 is 2.05. The van der Waals surface area contributed by atoms with Crippen LogP contribution in [-0.4, -0.2) is 23.9 Å². The summed E-state index contributed by atoms with van der Waals surface area (Å²) in [6.45, 7) is 8.45. The van der Waals surface area contributed by atoms with Crippen molar-refractivity contribution < 1.29 is 26.3 Å². The van der Waals surface area contributed by atoms with Gasteiger partial charge in [-0.2, -0.15) is 0 Å². The van der Waals surface area contributed by atoms with Crippen molar-refractivity contribution in [2.75, 3.05) is 13.1 Å². The number of pyridine rings is 1. The molecule has 1 heterocycles. The van der Waals surface area contributed by atoms with Gasteiger partial charge in [-0.05, 0) is 26.3 Å². The molecule has 0 atom stereocenters. The monoisotopic (exact) mass is 300 g/mol. The van der Waals surface area contributed by atoms with Gasteiger partial charge in [0.2, 0.25) is 5.91 Å². The van der Waals surface area contributed by atoms with Gasteiger partial charge in [0, 0.05) is 25.2 Å². The van der Waals surface area contributed by atoms with Crippen molar-refractivity contribution >= 4 is 5.91 Å². The summed E-state index contributed by atoms with van der Waals surface area (Å²) in [5.74, 6) is 0.234. The lowest BCUT2D eigenvalue weighted by Crippen LogP contribution is -3.00. The first kappa shape index (κ1) is 16.1. The van der Waals surface area contributed by atoms with Gasteiger partial charge in [0.1, 0.15) is 0 Å². The minimum atomic E-state index is 0. The Labute approximate surface area is 114 Å². The van der Waals surface area contributed by atoms with Crippen molar-refractivity contribution in [3.8, 4) is 0 Å². The number of halogens is 1. The Bertz CT molecular complexity index is 334. The van der Waals surface area contributed by atoms with Crippen LogP contribution in [0.2, 0.25) is 0 Å². The van der Waals surface area contributed by atoms with Crippen LogP contribution in [0.4, 0.5) is 0 Å². The maximum atomic E-state index is 11.8. The molecule has 0 fully saturated rings. The largest absolute Gasteiger partial charge is 1.00 e. The average Bonchev–Trinajstić information content (AvgIpc) is 2.30. The number of aromatic nitrogens is 1. The molecule has 0 aliphatic carbocycles. The lowest BCUT2D eigenvalue weighted by atomic mass is 10.3. The van der Waals surface area contributed by atoms with Crippen molar-refractivity contribution in [2.24, 2.45) is 0 Å². The van der Waals surface area contributed by atoms with E-state index in [9.17, 15) is 4.79 Å². The zero-order valence-corrected chi connectivity index (χ0v) is 12.4. The summed E-state index contributed by atoms with van der Waals surface area (Å²) in [6.07, 6.45) is 4.62. The van der Waals surface area contributed by atoms with Crippen LogP contribution in [0.1, 0.15) is 25.8 Å². The van der Waals surface area contributed by atoms with Gasteiger partial charge < -0.3 is 21.9 Å². The molecule has 0 bridgehead atoms. The van der Waals surface area contributed by atoms with E-state index in [2.05, 4.69) is 23.6 Å². The highest BCUT2D eigenvalue weighted by Gasteiger charge is 2.11. The number of amides is 1. The lowest BCUT2D eigenvalue weighted by molar-refractivity contribution is -0.696. The van der Waals surface area contributed by atoms with E-state index >= 15 is 0 Å². The SMILES string of the molecule is CCN(CC)C(=O)CC[n+]1ccc(C)cc1.[Br-]. The number of hydrogen-bond donors (Lipinski definition) is 0. The van der Waals surface area contributed by atoms with Gasteiger partial charge in [0.25, 0.3) is 0 Å². The van der Waals surface area contributed by atoms with Gasteiger partial charge >= 0.3 is 0 Å². The molecular weight excluding hydrogens is 280 g/mol. The second-order valence-electron chi connectivity index (χ2n) is 3.93. The highest BCUT2D eigenvalue weighted by Crippen LogP contribution is 1.95. The van der Waals surface area contributed by atoms with Crippen molar-refractivity contribution in [3.05, 3.63) is 30.1 Å². The highest BCUT2D eigenvalue weighted by atomic mass is 79.9. The number of hydrogen-bond acceptors (Lipinski definition) is 1. The Morgan fingerprint density at radius 3 is 2.24 bits per heavy atom. The van der Waals surface area contributed by atoms with E-state index in [1.807, 2.05) is 31.1 Å². The number of rotatable bonds is 5. The van der Waals surface area contributed by atoms with Crippen LogP contribution in [0.5, 0.6) is 0 Å². The molecule has 0 aliphatic heterocycles. The molecule has 4 heteroatoms. The molecule has 0 spiro atoms. The fourth-order valence-corrected chi connectivity index (χ4v) is 1.64. The first-order valence-corrected chi connectivity index (χ1v) is 5.90. The quantitative estimate of drug-likeness (QED) is 0.610. The predicted octanol–water partition coefficient (Wildman–Crippen LogP) is -1.45. The molecular formula is C13H21BrN2O. The number of carbonyl (C=O) groups is 1. The third-order valence-electron chi connectivity index (χ3n) is 2.76. The molecule has 1 aromatic rings. The fourth-order valence-electron chi connectivity index (χ4n) is 1.64. The molecule has 0 saturated heterocycles. The first-order chi connectivity index (χ1) is 7.67. The second kappa shape index (κ2) is 8.23. The molecule has 1 aromatic heterocycles. The topological polar surface area (TPSA) is 24.2 Å². The van der Waals surface area contributed by atoms with E-state index in [4.69, 9.17) is 0 Å². The molecule has 0 N–H and O–H groups in total. The first-order valence-electron chi connectivity index (χ1n) is 5.90. The fraction of sp³-hybridized carbons (Fsp3) is 0.538. The zero-order valence-electron chi connectivity index (χ0n) is 10.8. The summed E-state index contributed by atoms with van der Waals surface area (Å²) in [4.78, 5) is 13.6. The lowest BCUT2D eigenvalue weighted by Gasteiger charge is -2.17. The Hall–Kier alpha value is -0.900. The zero-order chi connectivity index (χ0) is 12.0. The highest BCUT2D eigenvalue weighted by molar-refractivity contribution is 5.75. The summed E-state index contributed by atoms with van der Waals surface area (Å²) in [5.41, 5.74) is 1.24. The van der Waals surface area contributed by atoms with Crippen molar-refractivity contribution in [1.29, 1.82) is 0 Å². The molecule has 17 heavy (non-hydrogen) atoms. The van der Waals surface area contributed by atoms with Crippen molar-refractivity contribution in [3.63, 3.8) is 0 Å². The van der Waals surface area contributed by atoms with E-state index in [0.717, 1.165) is 19.6 Å². The molecule has 0 aliphatic rings. The molecule has 96 valence electrons. The summed E-state index contributed by atoms with van der Waals surface area (Å²) in [6, 6.07) is 4.11. The second-order valence-corrected chi connectivity index (χ2v) is 3.93. The number of aryl methyl sites for hydroxylation is 2. The minimum absolute atomic E-state index is 0. The van der Waals surface area contributed by atoms with Crippen LogP contribution in [0, 0.1) is 6.92 Å². The van der Waals surface area contributed by atoms with Crippen LogP contribution in [0.25, 0.3) is 0 Å². The van der Waals surface area contributed by atoms with Crippen LogP contribution >= 0.6 is 0 Å². The number of carbonyl (C=O) groups excluding carboxylic acids is 1. The van der Waals surface area contributed by atoms with E-state index in [1.165, 1.54) is 5.56 Å². The van der Waals surface area contributed by atoms with Crippen LogP contribution in [0.3, 0.4) is 0 Å². The summed E-state index contributed by atoms with van der Waals surface area (Å²) in [7, 11) is 0. The van der Waals surface area contributed by atoms with Gasteiger partial charge in [-0.1, -0.05) is 0 Å². The van der Waals surface area contributed by atoms with Crippen LogP contribution in [0.15, 0.2) is 24.5 Å². The molecule has 0 radical (unpaired) electrons. The Balaban J connectivity index is 0.00000256. The molecule has 0 unspecified atom stereocenters. The van der Waals surface area contributed by atoms with Gasteiger partial charge in [0.15, 0.2) is 18.9 Å². The third kappa shape index (κ3) is 5.31. The normalized spacial score (nSPS) is 9.59. The summed E-state index contributed by atoms with van der Waals surface area (Å²) in [5, 5.41) is 0. The molecule has 3 nitrogen and oxygen atoms in total. The van der Waals surface area contributed by atoms with E-state index in [1.54, 1.807) is 0 Å². The maximum Gasteiger partial charge on any atom is 0.228 e. The predicted molar refractivity (Wildman–Crippen MR) is 63.9 cm³/mol. The molecule has 0 aromatic carbocycles. The van der Waals surface area contributed by atoms with Crippen molar-refractivity contribution in [1.82, 2.24) is 4.90 Å². The summed E-state index contributed by atoms with van der Waals surface area (Å²) >= 11 is 0.